The largest absolute Gasteiger partial charge is 0.311 e. The highest BCUT2D eigenvalue weighted by Gasteiger charge is 2.26. The highest BCUT2D eigenvalue weighted by atomic mass is 15.1. The summed E-state index contributed by atoms with van der Waals surface area (Å²) < 4.78 is 0. The van der Waals surface area contributed by atoms with Crippen LogP contribution in [0.25, 0.3) is 0 Å². The summed E-state index contributed by atoms with van der Waals surface area (Å²) >= 11 is 0. The average molecular weight is 240 g/mol. The van der Waals surface area contributed by atoms with Crippen LogP contribution in [0.3, 0.4) is 0 Å². The Labute approximate surface area is 108 Å². The number of nitrogens with zero attached hydrogens (tertiary/aromatic N) is 1. The van der Waals surface area contributed by atoms with Gasteiger partial charge in [-0.2, -0.15) is 0 Å². The molecule has 1 heterocycles. The van der Waals surface area contributed by atoms with Gasteiger partial charge in [-0.1, -0.05) is 20.8 Å². The quantitative estimate of drug-likeness (QED) is 0.812. The normalized spacial score (nSPS) is 24.0. The molecule has 1 unspecified atom stereocenters. The van der Waals surface area contributed by atoms with Crippen molar-refractivity contribution in [2.45, 2.75) is 59.4 Å². The van der Waals surface area contributed by atoms with Crippen LogP contribution in [0.2, 0.25) is 0 Å². The number of hydrogen-bond donors (Lipinski definition) is 1. The second-order valence-corrected chi connectivity index (χ2v) is 7.77. The van der Waals surface area contributed by atoms with E-state index in [9.17, 15) is 0 Å². The smallest absolute Gasteiger partial charge is 0.0130 e. The van der Waals surface area contributed by atoms with E-state index in [1.165, 1.54) is 38.9 Å². The molecule has 1 aliphatic heterocycles. The maximum Gasteiger partial charge on any atom is 0.0130 e. The standard InChI is InChI=1S/C15H32N2/c1-14(2,3)12-15(4,5)16-10-13-8-7-9-17(6)11-13/h13,16H,7-12H2,1-6H3. The van der Waals surface area contributed by atoms with Gasteiger partial charge < -0.3 is 10.2 Å². The van der Waals surface area contributed by atoms with Gasteiger partial charge in [0.15, 0.2) is 0 Å². The molecule has 1 N–H and O–H groups in total. The fourth-order valence-corrected chi connectivity index (χ4v) is 3.25. The maximum absolute atomic E-state index is 3.78. The van der Waals surface area contributed by atoms with Gasteiger partial charge >= 0.3 is 0 Å². The van der Waals surface area contributed by atoms with Gasteiger partial charge in [0, 0.05) is 12.1 Å². The zero-order valence-corrected chi connectivity index (χ0v) is 12.8. The van der Waals surface area contributed by atoms with E-state index in [1.807, 2.05) is 0 Å². The van der Waals surface area contributed by atoms with Crippen LogP contribution in [0, 0.1) is 11.3 Å². The number of nitrogens with one attached hydrogen (secondary N) is 1. The monoisotopic (exact) mass is 240 g/mol. The molecule has 0 radical (unpaired) electrons. The molecule has 1 aliphatic rings. The molecule has 102 valence electrons. The van der Waals surface area contributed by atoms with Gasteiger partial charge in [0.25, 0.3) is 0 Å². The highest BCUT2D eigenvalue weighted by molar-refractivity contribution is 4.85. The van der Waals surface area contributed by atoms with Gasteiger partial charge in [-0.15, -0.1) is 0 Å². The minimum absolute atomic E-state index is 0.258. The van der Waals surface area contributed by atoms with Gasteiger partial charge in [-0.05, 0) is 64.6 Å². The molecule has 0 amide bonds. The van der Waals surface area contributed by atoms with E-state index in [0.29, 0.717) is 5.41 Å². The van der Waals surface area contributed by atoms with Crippen molar-refractivity contribution in [3.8, 4) is 0 Å². The number of likely N-dealkylation sites (tertiary alicyclic amines) is 1. The first kappa shape index (κ1) is 15.0. The SMILES string of the molecule is CN1CCCC(CNC(C)(C)CC(C)(C)C)C1. The van der Waals surface area contributed by atoms with Crippen molar-refractivity contribution >= 4 is 0 Å². The summed E-state index contributed by atoms with van der Waals surface area (Å²) in [4.78, 5) is 2.46. The van der Waals surface area contributed by atoms with E-state index in [0.717, 1.165) is 5.92 Å². The van der Waals surface area contributed by atoms with Crippen molar-refractivity contribution < 1.29 is 0 Å². The molecule has 0 spiro atoms. The van der Waals surface area contributed by atoms with Crippen LogP contribution in [-0.4, -0.2) is 37.1 Å². The zero-order valence-electron chi connectivity index (χ0n) is 12.8. The molecule has 17 heavy (non-hydrogen) atoms. The summed E-state index contributed by atoms with van der Waals surface area (Å²) in [6, 6.07) is 0. The molecular weight excluding hydrogens is 208 g/mol. The first-order valence-corrected chi connectivity index (χ1v) is 7.12. The van der Waals surface area contributed by atoms with Crippen molar-refractivity contribution in [2.75, 3.05) is 26.7 Å². The van der Waals surface area contributed by atoms with Crippen LogP contribution < -0.4 is 5.32 Å². The molecule has 0 bridgehead atoms. The van der Waals surface area contributed by atoms with Crippen LogP contribution in [-0.2, 0) is 0 Å². The summed E-state index contributed by atoms with van der Waals surface area (Å²) in [6.07, 6.45) is 3.98. The summed E-state index contributed by atoms with van der Waals surface area (Å²) in [7, 11) is 2.24. The summed E-state index contributed by atoms with van der Waals surface area (Å²) in [5.74, 6) is 0.841. The minimum Gasteiger partial charge on any atom is -0.311 e. The third-order valence-corrected chi connectivity index (χ3v) is 3.56. The van der Waals surface area contributed by atoms with Gasteiger partial charge in [0.05, 0.1) is 0 Å². The van der Waals surface area contributed by atoms with Crippen molar-refractivity contribution in [1.82, 2.24) is 10.2 Å². The van der Waals surface area contributed by atoms with Gasteiger partial charge in [0.1, 0.15) is 0 Å². The molecule has 0 aromatic carbocycles. The average Bonchev–Trinajstić information content (AvgIpc) is 2.11. The Morgan fingerprint density at radius 2 is 1.82 bits per heavy atom. The molecule has 0 aromatic rings. The number of rotatable bonds is 4. The summed E-state index contributed by atoms with van der Waals surface area (Å²) in [5, 5.41) is 3.78. The second kappa shape index (κ2) is 5.71. The second-order valence-electron chi connectivity index (χ2n) is 7.77. The number of piperidine rings is 1. The lowest BCUT2D eigenvalue weighted by Crippen LogP contribution is -2.47. The zero-order chi connectivity index (χ0) is 13.1. The fourth-order valence-electron chi connectivity index (χ4n) is 3.25. The molecular formula is C15H32N2. The Hall–Kier alpha value is -0.0800. The Morgan fingerprint density at radius 3 is 2.35 bits per heavy atom. The Morgan fingerprint density at radius 1 is 1.18 bits per heavy atom. The lowest BCUT2D eigenvalue weighted by molar-refractivity contribution is 0.180. The van der Waals surface area contributed by atoms with Gasteiger partial charge in [-0.25, -0.2) is 0 Å². The first-order chi connectivity index (χ1) is 7.68. The van der Waals surface area contributed by atoms with Crippen LogP contribution in [0.15, 0.2) is 0 Å². The topological polar surface area (TPSA) is 15.3 Å². The minimum atomic E-state index is 0.258. The van der Waals surface area contributed by atoms with Gasteiger partial charge in [-0.3, -0.25) is 0 Å². The molecule has 1 fully saturated rings. The van der Waals surface area contributed by atoms with Crippen molar-refractivity contribution in [1.29, 1.82) is 0 Å². The molecule has 0 aliphatic carbocycles. The van der Waals surface area contributed by atoms with Crippen LogP contribution in [0.1, 0.15) is 53.9 Å². The van der Waals surface area contributed by atoms with Crippen molar-refractivity contribution in [3.05, 3.63) is 0 Å². The van der Waals surface area contributed by atoms with E-state index in [2.05, 4.69) is 51.9 Å². The molecule has 1 rings (SSSR count). The van der Waals surface area contributed by atoms with E-state index in [1.54, 1.807) is 0 Å². The van der Waals surface area contributed by atoms with Gasteiger partial charge in [0.2, 0.25) is 0 Å². The molecule has 2 nitrogen and oxygen atoms in total. The predicted molar refractivity (Wildman–Crippen MR) is 76.4 cm³/mol. The maximum atomic E-state index is 3.78. The van der Waals surface area contributed by atoms with E-state index >= 15 is 0 Å². The van der Waals surface area contributed by atoms with Crippen LogP contribution in [0.5, 0.6) is 0 Å². The Balaban J connectivity index is 2.33. The first-order valence-electron chi connectivity index (χ1n) is 7.12. The lowest BCUT2D eigenvalue weighted by atomic mass is 9.81. The van der Waals surface area contributed by atoms with Crippen molar-refractivity contribution in [3.63, 3.8) is 0 Å². The lowest BCUT2D eigenvalue weighted by Gasteiger charge is -2.36. The van der Waals surface area contributed by atoms with Crippen molar-refractivity contribution in [2.24, 2.45) is 11.3 Å². The molecule has 1 saturated heterocycles. The van der Waals surface area contributed by atoms with Crippen LogP contribution >= 0.6 is 0 Å². The van der Waals surface area contributed by atoms with E-state index in [-0.39, 0.29) is 5.54 Å². The van der Waals surface area contributed by atoms with Crippen LogP contribution in [0.4, 0.5) is 0 Å². The Bertz CT molecular complexity index is 228. The molecule has 0 aromatic heterocycles. The highest BCUT2D eigenvalue weighted by Crippen LogP contribution is 2.27. The molecule has 1 atom stereocenters. The number of hydrogen-bond acceptors (Lipinski definition) is 2. The molecule has 0 saturated carbocycles. The summed E-state index contributed by atoms with van der Waals surface area (Å²) in [5.41, 5.74) is 0.661. The third kappa shape index (κ3) is 6.42. The third-order valence-electron chi connectivity index (χ3n) is 3.56. The predicted octanol–water partition coefficient (Wildman–Crippen LogP) is 3.13. The fraction of sp³-hybridized carbons (Fsp3) is 1.00. The molecule has 2 heteroatoms. The Kier molecular flexibility index (Phi) is 5.03. The van der Waals surface area contributed by atoms with E-state index < -0.39 is 0 Å². The summed E-state index contributed by atoms with van der Waals surface area (Å²) in [6.45, 7) is 15.4. The van der Waals surface area contributed by atoms with E-state index in [4.69, 9.17) is 0 Å².